The average molecular weight is 254 g/mol. The van der Waals surface area contributed by atoms with Crippen LogP contribution in [-0.4, -0.2) is 68.2 Å². The minimum Gasteiger partial charge on any atom is -0.379 e. The molecule has 0 unspecified atom stereocenters. The third-order valence-electron chi connectivity index (χ3n) is 3.69. The van der Waals surface area contributed by atoms with Gasteiger partial charge in [0.1, 0.15) is 0 Å². The van der Waals surface area contributed by atoms with Crippen LogP contribution in [0.3, 0.4) is 0 Å². The molecule has 0 aromatic carbocycles. The second-order valence-electron chi connectivity index (χ2n) is 5.10. The summed E-state index contributed by atoms with van der Waals surface area (Å²) in [6.07, 6.45) is 4.93. The topological polar surface area (TPSA) is 54.1 Å². The molecule has 5 heteroatoms. The fourth-order valence-electron chi connectivity index (χ4n) is 2.54. The summed E-state index contributed by atoms with van der Waals surface area (Å²) in [5.74, 6) is 0.747. The van der Waals surface area contributed by atoms with E-state index in [0.717, 1.165) is 64.9 Å². The summed E-state index contributed by atoms with van der Waals surface area (Å²) in [4.78, 5) is 9.16. The van der Waals surface area contributed by atoms with Crippen LogP contribution in [0, 0.1) is 0 Å². The zero-order valence-corrected chi connectivity index (χ0v) is 11.3. The van der Waals surface area contributed by atoms with Crippen molar-refractivity contribution in [3.8, 4) is 0 Å². The minimum atomic E-state index is 0.747. The summed E-state index contributed by atoms with van der Waals surface area (Å²) >= 11 is 0. The Morgan fingerprint density at radius 3 is 2.50 bits per heavy atom. The van der Waals surface area contributed by atoms with E-state index in [-0.39, 0.29) is 0 Å². The number of rotatable bonds is 4. The highest BCUT2D eigenvalue weighted by molar-refractivity contribution is 5.78. The number of ether oxygens (including phenoxy) is 1. The first kappa shape index (κ1) is 13.6. The summed E-state index contributed by atoms with van der Waals surface area (Å²) < 4.78 is 5.33. The monoisotopic (exact) mass is 254 g/mol. The number of guanidine groups is 1. The zero-order chi connectivity index (χ0) is 12.6. The maximum Gasteiger partial charge on any atom is 0.191 e. The molecule has 18 heavy (non-hydrogen) atoms. The number of piperidine rings is 1. The summed E-state index contributed by atoms with van der Waals surface area (Å²) in [7, 11) is 0. The predicted molar refractivity (Wildman–Crippen MR) is 73.8 cm³/mol. The maximum absolute atomic E-state index is 6.01. The molecule has 2 rings (SSSR count). The maximum atomic E-state index is 6.01. The SMILES string of the molecule is NC(=NCCCN1CCOCC1)N1CCCCC1. The van der Waals surface area contributed by atoms with Crippen molar-refractivity contribution in [2.45, 2.75) is 25.7 Å². The fourth-order valence-corrected chi connectivity index (χ4v) is 2.54. The number of likely N-dealkylation sites (tertiary alicyclic amines) is 1. The highest BCUT2D eigenvalue weighted by Gasteiger charge is 2.12. The summed E-state index contributed by atoms with van der Waals surface area (Å²) in [5, 5.41) is 0. The van der Waals surface area contributed by atoms with Gasteiger partial charge >= 0.3 is 0 Å². The van der Waals surface area contributed by atoms with Gasteiger partial charge in [-0.25, -0.2) is 0 Å². The molecule has 2 aliphatic heterocycles. The number of morpholine rings is 1. The van der Waals surface area contributed by atoms with Crippen molar-refractivity contribution < 1.29 is 4.74 Å². The first-order chi connectivity index (χ1) is 8.86. The number of hydrogen-bond acceptors (Lipinski definition) is 3. The van der Waals surface area contributed by atoms with Crippen molar-refractivity contribution >= 4 is 5.96 Å². The van der Waals surface area contributed by atoms with E-state index in [0.29, 0.717) is 0 Å². The molecule has 0 atom stereocenters. The molecule has 0 bridgehead atoms. The smallest absolute Gasteiger partial charge is 0.191 e. The quantitative estimate of drug-likeness (QED) is 0.451. The molecule has 0 saturated carbocycles. The minimum absolute atomic E-state index is 0.747. The van der Waals surface area contributed by atoms with E-state index >= 15 is 0 Å². The van der Waals surface area contributed by atoms with Gasteiger partial charge in [0.25, 0.3) is 0 Å². The molecule has 2 aliphatic rings. The lowest BCUT2D eigenvalue weighted by molar-refractivity contribution is 0.0377. The van der Waals surface area contributed by atoms with Crippen LogP contribution < -0.4 is 5.73 Å². The van der Waals surface area contributed by atoms with Gasteiger partial charge in [-0.2, -0.15) is 0 Å². The van der Waals surface area contributed by atoms with Gasteiger partial charge in [-0.1, -0.05) is 0 Å². The standard InChI is InChI=1S/C13H26N4O/c14-13(17-7-2-1-3-8-17)15-5-4-6-16-9-11-18-12-10-16/h1-12H2,(H2,14,15). The van der Waals surface area contributed by atoms with Crippen LogP contribution in [0.4, 0.5) is 0 Å². The molecule has 0 amide bonds. The van der Waals surface area contributed by atoms with Crippen molar-refractivity contribution in [3.05, 3.63) is 0 Å². The second-order valence-corrected chi connectivity index (χ2v) is 5.10. The molecule has 2 fully saturated rings. The largest absolute Gasteiger partial charge is 0.379 e. The van der Waals surface area contributed by atoms with Crippen LogP contribution in [0.1, 0.15) is 25.7 Å². The zero-order valence-electron chi connectivity index (χ0n) is 11.3. The van der Waals surface area contributed by atoms with Crippen molar-refractivity contribution in [1.82, 2.24) is 9.80 Å². The Morgan fingerprint density at radius 1 is 1.06 bits per heavy atom. The van der Waals surface area contributed by atoms with Gasteiger partial charge in [-0.15, -0.1) is 0 Å². The molecule has 5 nitrogen and oxygen atoms in total. The van der Waals surface area contributed by atoms with Gasteiger partial charge in [0.05, 0.1) is 13.2 Å². The highest BCUT2D eigenvalue weighted by atomic mass is 16.5. The van der Waals surface area contributed by atoms with E-state index < -0.39 is 0 Å². The third-order valence-corrected chi connectivity index (χ3v) is 3.69. The molecule has 0 radical (unpaired) electrons. The highest BCUT2D eigenvalue weighted by Crippen LogP contribution is 2.07. The van der Waals surface area contributed by atoms with Gasteiger partial charge in [0.15, 0.2) is 5.96 Å². The van der Waals surface area contributed by atoms with Crippen LogP contribution in [0.15, 0.2) is 4.99 Å². The Bertz CT molecular complexity index is 258. The lowest BCUT2D eigenvalue weighted by atomic mass is 10.1. The molecule has 2 N–H and O–H groups in total. The van der Waals surface area contributed by atoms with Gasteiger partial charge in [-0.3, -0.25) is 9.89 Å². The van der Waals surface area contributed by atoms with Crippen molar-refractivity contribution in [2.75, 3.05) is 52.5 Å². The van der Waals surface area contributed by atoms with Crippen molar-refractivity contribution in [2.24, 2.45) is 10.7 Å². The molecule has 0 aromatic rings. The van der Waals surface area contributed by atoms with Crippen LogP contribution >= 0.6 is 0 Å². The van der Waals surface area contributed by atoms with Gasteiger partial charge in [0, 0.05) is 39.3 Å². The van der Waals surface area contributed by atoms with E-state index in [2.05, 4.69) is 14.8 Å². The summed E-state index contributed by atoms with van der Waals surface area (Å²) in [5.41, 5.74) is 6.01. The molecule has 0 spiro atoms. The average Bonchev–Trinajstić information content (AvgIpc) is 2.45. The summed E-state index contributed by atoms with van der Waals surface area (Å²) in [6.45, 7) is 7.99. The lowest BCUT2D eigenvalue weighted by Crippen LogP contribution is -2.41. The molecule has 0 aliphatic carbocycles. The third kappa shape index (κ3) is 4.46. The molecule has 2 heterocycles. The number of nitrogens with two attached hydrogens (primary N) is 1. The second kappa shape index (κ2) is 7.59. The Labute approximate surface area is 110 Å². The van der Waals surface area contributed by atoms with Crippen LogP contribution in [0.2, 0.25) is 0 Å². The summed E-state index contributed by atoms with van der Waals surface area (Å²) in [6, 6.07) is 0. The molecular formula is C13H26N4O. The van der Waals surface area contributed by atoms with Gasteiger partial charge in [-0.05, 0) is 25.7 Å². The van der Waals surface area contributed by atoms with E-state index in [1.165, 1.54) is 19.3 Å². The van der Waals surface area contributed by atoms with Gasteiger partial charge < -0.3 is 15.4 Å². The molecule has 2 saturated heterocycles. The first-order valence-corrected chi connectivity index (χ1v) is 7.21. The number of hydrogen-bond donors (Lipinski definition) is 1. The Kier molecular flexibility index (Phi) is 5.74. The number of nitrogens with zero attached hydrogens (tertiary/aromatic N) is 3. The van der Waals surface area contributed by atoms with Crippen LogP contribution in [0.25, 0.3) is 0 Å². The van der Waals surface area contributed by atoms with E-state index in [4.69, 9.17) is 10.5 Å². The van der Waals surface area contributed by atoms with E-state index in [9.17, 15) is 0 Å². The van der Waals surface area contributed by atoms with E-state index in [1.54, 1.807) is 0 Å². The van der Waals surface area contributed by atoms with Crippen LogP contribution in [0.5, 0.6) is 0 Å². The Balaban J connectivity index is 1.60. The molecule has 0 aromatic heterocycles. The predicted octanol–water partition coefficient (Wildman–Crippen LogP) is 0.509. The Hall–Kier alpha value is -0.810. The first-order valence-electron chi connectivity index (χ1n) is 7.21. The van der Waals surface area contributed by atoms with Crippen molar-refractivity contribution in [3.63, 3.8) is 0 Å². The Morgan fingerprint density at radius 2 is 1.78 bits per heavy atom. The normalized spacial score (nSPS) is 23.3. The van der Waals surface area contributed by atoms with Crippen molar-refractivity contribution in [1.29, 1.82) is 0 Å². The van der Waals surface area contributed by atoms with E-state index in [1.807, 2.05) is 0 Å². The number of aliphatic imine (C=N–C) groups is 1. The molecule has 104 valence electrons. The molecular weight excluding hydrogens is 228 g/mol. The van der Waals surface area contributed by atoms with Crippen LogP contribution in [-0.2, 0) is 4.74 Å². The fraction of sp³-hybridized carbons (Fsp3) is 0.923. The lowest BCUT2D eigenvalue weighted by Gasteiger charge is -2.28. The van der Waals surface area contributed by atoms with Gasteiger partial charge in [0.2, 0.25) is 0 Å².